The van der Waals surface area contributed by atoms with Gasteiger partial charge in [-0.3, -0.25) is 4.90 Å². The van der Waals surface area contributed by atoms with Crippen LogP contribution < -0.4 is 10.2 Å². The number of piperidine rings is 1. The van der Waals surface area contributed by atoms with Crippen LogP contribution in [0.4, 0.5) is 10.5 Å². The normalized spacial score (nSPS) is 23.4. The van der Waals surface area contributed by atoms with Gasteiger partial charge in [-0.15, -0.1) is 0 Å². The third kappa shape index (κ3) is 1.77. The fourth-order valence-corrected chi connectivity index (χ4v) is 3.02. The lowest BCUT2D eigenvalue weighted by molar-refractivity contribution is 0.199. The maximum Gasteiger partial charge on any atom is 0.322 e. The monoisotopic (exact) mass is 245 g/mol. The van der Waals surface area contributed by atoms with E-state index in [9.17, 15) is 4.79 Å². The third-order valence-corrected chi connectivity index (χ3v) is 4.18. The van der Waals surface area contributed by atoms with Crippen LogP contribution >= 0.6 is 0 Å². The van der Waals surface area contributed by atoms with E-state index in [1.807, 2.05) is 35.2 Å². The molecule has 1 N–H and O–H groups in total. The zero-order valence-electron chi connectivity index (χ0n) is 10.7. The standard InChI is InChI=1S/C14H19N3O/c1-16-9-7-14(8-10-16)11-15-13(18)17(14)12-5-3-2-4-6-12/h2-6H,7-11H2,1H3,(H,15,18). The molecule has 0 radical (unpaired) electrons. The van der Waals surface area contributed by atoms with E-state index in [4.69, 9.17) is 0 Å². The summed E-state index contributed by atoms with van der Waals surface area (Å²) in [5.74, 6) is 0. The summed E-state index contributed by atoms with van der Waals surface area (Å²) in [5.41, 5.74) is 0.988. The topological polar surface area (TPSA) is 35.6 Å². The fraction of sp³-hybridized carbons (Fsp3) is 0.500. The summed E-state index contributed by atoms with van der Waals surface area (Å²) in [6.45, 7) is 2.88. The van der Waals surface area contributed by atoms with Crippen LogP contribution in [0.3, 0.4) is 0 Å². The summed E-state index contributed by atoms with van der Waals surface area (Å²) in [6.07, 6.45) is 2.08. The van der Waals surface area contributed by atoms with Gasteiger partial charge in [0.1, 0.15) is 0 Å². The largest absolute Gasteiger partial charge is 0.335 e. The Hall–Kier alpha value is -1.55. The van der Waals surface area contributed by atoms with Crippen LogP contribution in [0.5, 0.6) is 0 Å². The van der Waals surface area contributed by atoms with Gasteiger partial charge in [0.25, 0.3) is 0 Å². The van der Waals surface area contributed by atoms with E-state index in [0.29, 0.717) is 0 Å². The number of amides is 2. The van der Waals surface area contributed by atoms with Crippen molar-refractivity contribution in [3.8, 4) is 0 Å². The quantitative estimate of drug-likeness (QED) is 0.817. The molecule has 4 heteroatoms. The average Bonchev–Trinajstić information content (AvgIpc) is 2.72. The summed E-state index contributed by atoms with van der Waals surface area (Å²) in [4.78, 5) is 16.4. The summed E-state index contributed by atoms with van der Waals surface area (Å²) < 4.78 is 0. The van der Waals surface area contributed by atoms with Crippen molar-refractivity contribution in [3.63, 3.8) is 0 Å². The van der Waals surface area contributed by atoms with Gasteiger partial charge in [-0.2, -0.15) is 0 Å². The number of carbonyl (C=O) groups is 1. The van der Waals surface area contributed by atoms with Crippen LogP contribution in [-0.4, -0.2) is 43.2 Å². The van der Waals surface area contributed by atoms with Gasteiger partial charge in [-0.05, 0) is 32.0 Å². The Labute approximate surface area is 108 Å². The Morgan fingerprint density at radius 1 is 1.17 bits per heavy atom. The molecule has 0 bridgehead atoms. The Morgan fingerprint density at radius 3 is 2.50 bits per heavy atom. The molecule has 2 fully saturated rings. The molecular formula is C14H19N3O. The van der Waals surface area contributed by atoms with Crippen molar-refractivity contribution in [1.29, 1.82) is 0 Å². The number of nitrogens with one attached hydrogen (secondary N) is 1. The van der Waals surface area contributed by atoms with Crippen molar-refractivity contribution in [2.45, 2.75) is 18.4 Å². The van der Waals surface area contributed by atoms with Crippen molar-refractivity contribution < 1.29 is 4.79 Å². The zero-order valence-corrected chi connectivity index (χ0v) is 10.7. The van der Waals surface area contributed by atoms with E-state index >= 15 is 0 Å². The Morgan fingerprint density at radius 2 is 1.83 bits per heavy atom. The molecule has 1 aromatic rings. The maximum atomic E-state index is 12.1. The minimum Gasteiger partial charge on any atom is -0.335 e. The summed E-state index contributed by atoms with van der Waals surface area (Å²) in [5, 5.41) is 3.01. The van der Waals surface area contributed by atoms with E-state index in [0.717, 1.165) is 38.2 Å². The van der Waals surface area contributed by atoms with Crippen LogP contribution in [0.15, 0.2) is 30.3 Å². The first-order valence-electron chi connectivity index (χ1n) is 6.53. The molecule has 4 nitrogen and oxygen atoms in total. The van der Waals surface area contributed by atoms with Gasteiger partial charge in [0.2, 0.25) is 0 Å². The van der Waals surface area contributed by atoms with Gasteiger partial charge < -0.3 is 10.2 Å². The van der Waals surface area contributed by atoms with E-state index in [2.05, 4.69) is 17.3 Å². The van der Waals surface area contributed by atoms with E-state index in [-0.39, 0.29) is 11.6 Å². The fourth-order valence-electron chi connectivity index (χ4n) is 3.02. The van der Waals surface area contributed by atoms with Crippen LogP contribution in [0.1, 0.15) is 12.8 Å². The molecule has 0 unspecified atom stereocenters. The van der Waals surface area contributed by atoms with Crippen molar-refractivity contribution in [2.24, 2.45) is 0 Å². The minimum atomic E-state index is -0.0229. The van der Waals surface area contributed by atoms with Crippen molar-refractivity contribution >= 4 is 11.7 Å². The number of urea groups is 1. The van der Waals surface area contributed by atoms with Gasteiger partial charge in [-0.25, -0.2) is 4.79 Å². The number of likely N-dealkylation sites (tertiary alicyclic amines) is 1. The minimum absolute atomic E-state index is 0.0229. The van der Waals surface area contributed by atoms with Crippen molar-refractivity contribution in [3.05, 3.63) is 30.3 Å². The maximum absolute atomic E-state index is 12.1. The number of nitrogens with zero attached hydrogens (tertiary/aromatic N) is 2. The smallest absolute Gasteiger partial charge is 0.322 e. The Balaban J connectivity index is 1.93. The Kier molecular flexibility index (Phi) is 2.74. The molecule has 1 aromatic carbocycles. The highest BCUT2D eigenvalue weighted by atomic mass is 16.2. The number of anilines is 1. The average molecular weight is 245 g/mol. The zero-order chi connectivity index (χ0) is 12.6. The summed E-state index contributed by atoms with van der Waals surface area (Å²) in [7, 11) is 2.14. The number of rotatable bonds is 1. The van der Waals surface area contributed by atoms with E-state index in [1.54, 1.807) is 0 Å². The predicted octanol–water partition coefficient (Wildman–Crippen LogP) is 1.68. The molecule has 0 aliphatic carbocycles. The number of para-hydroxylation sites is 1. The molecule has 96 valence electrons. The van der Waals surface area contributed by atoms with Gasteiger partial charge in [0.15, 0.2) is 0 Å². The van der Waals surface area contributed by atoms with Crippen LogP contribution in [0, 0.1) is 0 Å². The number of hydrogen-bond donors (Lipinski definition) is 1. The first-order chi connectivity index (χ1) is 8.71. The van der Waals surface area contributed by atoms with Gasteiger partial charge in [0.05, 0.1) is 5.54 Å². The number of benzene rings is 1. The number of hydrogen-bond acceptors (Lipinski definition) is 2. The van der Waals surface area contributed by atoms with Gasteiger partial charge >= 0.3 is 6.03 Å². The second kappa shape index (κ2) is 4.28. The molecule has 3 rings (SSSR count). The van der Waals surface area contributed by atoms with Crippen molar-refractivity contribution in [1.82, 2.24) is 10.2 Å². The number of carbonyl (C=O) groups excluding carboxylic acids is 1. The second-order valence-electron chi connectivity index (χ2n) is 5.36. The molecule has 2 aliphatic rings. The SMILES string of the molecule is CN1CCC2(CC1)CNC(=O)N2c1ccccc1. The summed E-state index contributed by atoms with van der Waals surface area (Å²) in [6, 6.07) is 10.0. The first kappa shape index (κ1) is 11.5. The van der Waals surface area contributed by atoms with Gasteiger partial charge in [-0.1, -0.05) is 18.2 Å². The molecule has 0 atom stereocenters. The summed E-state index contributed by atoms with van der Waals surface area (Å²) >= 11 is 0. The molecule has 2 saturated heterocycles. The highest BCUT2D eigenvalue weighted by Gasteiger charge is 2.47. The molecule has 0 saturated carbocycles. The molecular weight excluding hydrogens is 226 g/mol. The molecule has 2 amide bonds. The lowest BCUT2D eigenvalue weighted by atomic mass is 9.86. The third-order valence-electron chi connectivity index (χ3n) is 4.18. The van der Waals surface area contributed by atoms with E-state index < -0.39 is 0 Å². The second-order valence-corrected chi connectivity index (χ2v) is 5.36. The predicted molar refractivity (Wildman–Crippen MR) is 71.8 cm³/mol. The van der Waals surface area contributed by atoms with Crippen molar-refractivity contribution in [2.75, 3.05) is 31.6 Å². The highest BCUT2D eigenvalue weighted by molar-refractivity contribution is 5.96. The van der Waals surface area contributed by atoms with Crippen LogP contribution in [0.25, 0.3) is 0 Å². The first-order valence-corrected chi connectivity index (χ1v) is 6.53. The van der Waals surface area contributed by atoms with Crippen LogP contribution in [-0.2, 0) is 0 Å². The highest BCUT2D eigenvalue weighted by Crippen LogP contribution is 2.35. The van der Waals surface area contributed by atoms with Crippen LogP contribution in [0.2, 0.25) is 0 Å². The van der Waals surface area contributed by atoms with Gasteiger partial charge in [0, 0.05) is 25.3 Å². The lowest BCUT2D eigenvalue weighted by Gasteiger charge is -2.42. The van der Waals surface area contributed by atoms with E-state index in [1.165, 1.54) is 0 Å². The molecule has 2 aliphatic heterocycles. The molecule has 2 heterocycles. The lowest BCUT2D eigenvalue weighted by Crippen LogP contribution is -2.54. The molecule has 1 spiro atoms. The molecule has 18 heavy (non-hydrogen) atoms. The molecule has 0 aromatic heterocycles. The Bertz CT molecular complexity index is 438.